The van der Waals surface area contributed by atoms with Gasteiger partial charge in [-0.25, -0.2) is 0 Å². The maximum absolute atomic E-state index is 5.64. The molecule has 0 N–H and O–H groups in total. The van der Waals surface area contributed by atoms with E-state index in [0.717, 1.165) is 16.0 Å². The Kier molecular flexibility index (Phi) is 4.88. The molecule has 2 aromatic rings. The summed E-state index contributed by atoms with van der Waals surface area (Å²) in [6, 6.07) is 11.9. The summed E-state index contributed by atoms with van der Waals surface area (Å²) in [5.41, 5.74) is 0. The van der Waals surface area contributed by atoms with Gasteiger partial charge in [0.1, 0.15) is 5.75 Å². The third kappa shape index (κ3) is 4.40. The van der Waals surface area contributed by atoms with Crippen LogP contribution in [0.15, 0.2) is 58.2 Å². The average Bonchev–Trinajstić information content (AvgIpc) is 2.36. The molecule has 2 rings (SSSR count). The number of rotatable bonds is 5. The Labute approximate surface area is 114 Å². The number of halogens is 1. The first-order chi connectivity index (χ1) is 8.34. The van der Waals surface area contributed by atoms with Gasteiger partial charge in [0.15, 0.2) is 0 Å². The highest BCUT2D eigenvalue weighted by Crippen LogP contribution is 2.19. The first kappa shape index (κ1) is 12.5. The molecule has 0 aliphatic carbocycles. The third-order valence-corrected chi connectivity index (χ3v) is 3.54. The second-order valence-electron chi connectivity index (χ2n) is 3.34. The molecule has 0 bridgehead atoms. The molecule has 0 spiro atoms. The molecule has 88 valence electrons. The van der Waals surface area contributed by atoms with Gasteiger partial charge in [-0.15, -0.1) is 11.8 Å². The van der Waals surface area contributed by atoms with Crippen LogP contribution in [-0.4, -0.2) is 17.3 Å². The Morgan fingerprint density at radius 1 is 1.18 bits per heavy atom. The van der Waals surface area contributed by atoms with Gasteiger partial charge in [0.2, 0.25) is 0 Å². The van der Waals surface area contributed by atoms with Gasteiger partial charge in [0, 0.05) is 27.5 Å². The van der Waals surface area contributed by atoms with E-state index in [1.165, 1.54) is 4.90 Å². The van der Waals surface area contributed by atoms with Crippen molar-refractivity contribution < 1.29 is 4.74 Å². The van der Waals surface area contributed by atoms with Gasteiger partial charge in [-0.05, 0) is 30.3 Å². The lowest BCUT2D eigenvalue weighted by molar-refractivity contribution is 0.344. The van der Waals surface area contributed by atoms with Crippen molar-refractivity contribution in [1.82, 2.24) is 4.98 Å². The van der Waals surface area contributed by atoms with E-state index in [1.54, 1.807) is 24.2 Å². The number of pyridine rings is 1. The van der Waals surface area contributed by atoms with Crippen LogP contribution >= 0.6 is 27.7 Å². The molecular formula is C13H12BrNOS. The fourth-order valence-corrected chi connectivity index (χ4v) is 2.41. The SMILES string of the molecule is Brc1cccc(OCCSc2ccncc2)c1. The maximum atomic E-state index is 5.64. The van der Waals surface area contributed by atoms with Gasteiger partial charge in [0.05, 0.1) is 6.61 Å². The van der Waals surface area contributed by atoms with Crippen molar-refractivity contribution in [2.45, 2.75) is 4.90 Å². The number of thioether (sulfide) groups is 1. The Bertz CT molecular complexity index is 464. The average molecular weight is 310 g/mol. The fourth-order valence-electron chi connectivity index (χ4n) is 1.31. The van der Waals surface area contributed by atoms with Crippen molar-refractivity contribution in [2.75, 3.05) is 12.4 Å². The van der Waals surface area contributed by atoms with E-state index in [2.05, 4.69) is 20.9 Å². The minimum absolute atomic E-state index is 0.698. The second kappa shape index (κ2) is 6.67. The van der Waals surface area contributed by atoms with Gasteiger partial charge in [-0.2, -0.15) is 0 Å². The Morgan fingerprint density at radius 3 is 2.76 bits per heavy atom. The topological polar surface area (TPSA) is 22.1 Å². The zero-order chi connectivity index (χ0) is 11.9. The Balaban J connectivity index is 1.73. The molecule has 4 heteroatoms. The second-order valence-corrected chi connectivity index (χ2v) is 5.42. The van der Waals surface area contributed by atoms with E-state index in [9.17, 15) is 0 Å². The van der Waals surface area contributed by atoms with Gasteiger partial charge >= 0.3 is 0 Å². The molecule has 0 atom stereocenters. The molecule has 1 heterocycles. The lowest BCUT2D eigenvalue weighted by Crippen LogP contribution is -1.99. The quantitative estimate of drug-likeness (QED) is 0.615. The molecular weight excluding hydrogens is 298 g/mol. The summed E-state index contributed by atoms with van der Waals surface area (Å²) >= 11 is 5.18. The molecule has 0 saturated heterocycles. The molecule has 0 saturated carbocycles. The number of aromatic nitrogens is 1. The van der Waals surface area contributed by atoms with E-state index >= 15 is 0 Å². The van der Waals surface area contributed by atoms with Crippen LogP contribution in [0.3, 0.4) is 0 Å². The van der Waals surface area contributed by atoms with Crippen molar-refractivity contribution >= 4 is 27.7 Å². The monoisotopic (exact) mass is 309 g/mol. The van der Waals surface area contributed by atoms with E-state index in [1.807, 2.05) is 36.4 Å². The zero-order valence-corrected chi connectivity index (χ0v) is 11.6. The fraction of sp³-hybridized carbons (Fsp3) is 0.154. The van der Waals surface area contributed by atoms with Crippen LogP contribution in [0.5, 0.6) is 5.75 Å². The zero-order valence-electron chi connectivity index (χ0n) is 9.17. The number of benzene rings is 1. The van der Waals surface area contributed by atoms with Crippen LogP contribution in [0.2, 0.25) is 0 Å². The molecule has 0 unspecified atom stereocenters. The first-order valence-corrected chi connectivity index (χ1v) is 7.03. The molecule has 0 amide bonds. The lowest BCUT2D eigenvalue weighted by atomic mass is 10.3. The standard InChI is InChI=1S/C13H12BrNOS/c14-11-2-1-3-12(10-11)16-8-9-17-13-4-6-15-7-5-13/h1-7,10H,8-9H2. The number of hydrogen-bond acceptors (Lipinski definition) is 3. The van der Waals surface area contributed by atoms with Crippen LogP contribution in [0.25, 0.3) is 0 Å². The van der Waals surface area contributed by atoms with Crippen LogP contribution < -0.4 is 4.74 Å². The summed E-state index contributed by atoms with van der Waals surface area (Å²) < 4.78 is 6.68. The predicted molar refractivity (Wildman–Crippen MR) is 74.6 cm³/mol. The largest absolute Gasteiger partial charge is 0.493 e. The van der Waals surface area contributed by atoms with Crippen LogP contribution in [0.4, 0.5) is 0 Å². The van der Waals surface area contributed by atoms with Crippen molar-refractivity contribution in [1.29, 1.82) is 0 Å². The molecule has 0 fully saturated rings. The van der Waals surface area contributed by atoms with Crippen LogP contribution in [0.1, 0.15) is 0 Å². The first-order valence-electron chi connectivity index (χ1n) is 5.26. The van der Waals surface area contributed by atoms with E-state index in [-0.39, 0.29) is 0 Å². The molecule has 0 radical (unpaired) electrons. The molecule has 0 aliphatic rings. The van der Waals surface area contributed by atoms with Gasteiger partial charge in [0.25, 0.3) is 0 Å². The summed E-state index contributed by atoms with van der Waals surface area (Å²) in [6.07, 6.45) is 3.61. The minimum Gasteiger partial charge on any atom is -0.493 e. The highest BCUT2D eigenvalue weighted by atomic mass is 79.9. The summed E-state index contributed by atoms with van der Waals surface area (Å²) in [4.78, 5) is 5.20. The molecule has 0 aliphatic heterocycles. The predicted octanol–water partition coefficient (Wildman–Crippen LogP) is 4.02. The van der Waals surface area contributed by atoms with Crippen LogP contribution in [-0.2, 0) is 0 Å². The summed E-state index contributed by atoms with van der Waals surface area (Å²) in [6.45, 7) is 0.698. The number of ether oxygens (including phenoxy) is 1. The van der Waals surface area contributed by atoms with Crippen molar-refractivity contribution in [3.05, 3.63) is 53.3 Å². The maximum Gasteiger partial charge on any atom is 0.120 e. The number of hydrogen-bond donors (Lipinski definition) is 0. The summed E-state index contributed by atoms with van der Waals surface area (Å²) in [5, 5.41) is 0. The van der Waals surface area contributed by atoms with E-state index in [0.29, 0.717) is 6.61 Å². The summed E-state index contributed by atoms with van der Waals surface area (Å²) in [5.74, 6) is 1.82. The van der Waals surface area contributed by atoms with Gasteiger partial charge < -0.3 is 4.74 Å². The van der Waals surface area contributed by atoms with Gasteiger partial charge in [-0.1, -0.05) is 22.0 Å². The van der Waals surface area contributed by atoms with E-state index < -0.39 is 0 Å². The number of nitrogens with zero attached hydrogens (tertiary/aromatic N) is 1. The van der Waals surface area contributed by atoms with E-state index in [4.69, 9.17) is 4.74 Å². The van der Waals surface area contributed by atoms with Crippen molar-refractivity contribution in [3.8, 4) is 5.75 Å². The molecule has 17 heavy (non-hydrogen) atoms. The Morgan fingerprint density at radius 2 is 2.00 bits per heavy atom. The van der Waals surface area contributed by atoms with Crippen molar-refractivity contribution in [2.24, 2.45) is 0 Å². The van der Waals surface area contributed by atoms with Gasteiger partial charge in [-0.3, -0.25) is 4.98 Å². The highest BCUT2D eigenvalue weighted by molar-refractivity contribution is 9.10. The summed E-state index contributed by atoms with van der Waals surface area (Å²) in [7, 11) is 0. The lowest BCUT2D eigenvalue weighted by Gasteiger charge is -2.06. The third-order valence-electron chi connectivity index (χ3n) is 2.07. The Hall–Kier alpha value is -1.00. The highest BCUT2D eigenvalue weighted by Gasteiger charge is 1.96. The van der Waals surface area contributed by atoms with Crippen LogP contribution in [0, 0.1) is 0 Å². The van der Waals surface area contributed by atoms with Crippen molar-refractivity contribution in [3.63, 3.8) is 0 Å². The molecule has 1 aromatic heterocycles. The smallest absolute Gasteiger partial charge is 0.120 e. The molecule has 2 nitrogen and oxygen atoms in total. The minimum atomic E-state index is 0.698. The normalized spacial score (nSPS) is 10.2. The molecule has 1 aromatic carbocycles.